The first-order valence-corrected chi connectivity index (χ1v) is 11.5. The third-order valence-corrected chi connectivity index (χ3v) is 5.80. The molecule has 156 valence electrons. The van der Waals surface area contributed by atoms with Gasteiger partial charge >= 0.3 is 0 Å². The van der Waals surface area contributed by atoms with E-state index < -0.39 is 6.04 Å². The molecule has 1 atom stereocenters. The zero-order chi connectivity index (χ0) is 21.1. The normalized spacial score (nSPS) is 11.7. The summed E-state index contributed by atoms with van der Waals surface area (Å²) in [5.74, 6) is 0.857. The number of nitrogens with one attached hydrogen (secondary N) is 1. The molecule has 2 rings (SSSR count). The van der Waals surface area contributed by atoms with Crippen LogP contribution in [0, 0.1) is 0 Å². The van der Waals surface area contributed by atoms with Crippen molar-refractivity contribution in [3.05, 3.63) is 70.7 Å². The maximum atomic E-state index is 13.0. The van der Waals surface area contributed by atoms with E-state index in [2.05, 4.69) is 12.2 Å². The Hall–Kier alpha value is -1.98. The topological polar surface area (TPSA) is 49.4 Å². The first-order chi connectivity index (χ1) is 14.0. The number of hydrogen-bond donors (Lipinski definition) is 1. The van der Waals surface area contributed by atoms with Gasteiger partial charge < -0.3 is 10.2 Å². The highest BCUT2D eigenvalue weighted by atomic mass is 35.5. The van der Waals surface area contributed by atoms with E-state index >= 15 is 0 Å². The molecule has 0 heterocycles. The largest absolute Gasteiger partial charge is 0.354 e. The number of carbonyl (C=O) groups excluding carboxylic acids is 2. The highest BCUT2D eigenvalue weighted by molar-refractivity contribution is 7.99. The standard InChI is InChI=1S/C23H29ClN2O2S/c1-3-4-13-25-23(28)18(2)26(15-19-9-6-5-7-10-19)22(27)17-29-16-20-11-8-12-21(24)14-20/h5-12,14,18H,3-4,13,15-17H2,1-2H3,(H,25,28)/t18-/m0/s1. The third-order valence-electron chi connectivity index (χ3n) is 4.58. The van der Waals surface area contributed by atoms with Gasteiger partial charge in [-0.3, -0.25) is 9.59 Å². The highest BCUT2D eigenvalue weighted by Gasteiger charge is 2.25. The van der Waals surface area contributed by atoms with Crippen LogP contribution in [0.2, 0.25) is 5.02 Å². The van der Waals surface area contributed by atoms with Gasteiger partial charge in [0.1, 0.15) is 6.04 Å². The maximum Gasteiger partial charge on any atom is 0.242 e. The maximum absolute atomic E-state index is 13.0. The lowest BCUT2D eigenvalue weighted by Crippen LogP contribution is -2.48. The van der Waals surface area contributed by atoms with Gasteiger partial charge in [-0.15, -0.1) is 11.8 Å². The number of hydrogen-bond acceptors (Lipinski definition) is 3. The molecule has 0 aromatic heterocycles. The van der Waals surface area contributed by atoms with Crippen LogP contribution in [-0.4, -0.2) is 35.1 Å². The van der Waals surface area contributed by atoms with Crippen LogP contribution >= 0.6 is 23.4 Å². The smallest absolute Gasteiger partial charge is 0.242 e. The van der Waals surface area contributed by atoms with Crippen molar-refractivity contribution in [2.75, 3.05) is 12.3 Å². The Balaban J connectivity index is 2.00. The van der Waals surface area contributed by atoms with Gasteiger partial charge in [0.2, 0.25) is 11.8 Å². The number of amides is 2. The summed E-state index contributed by atoms with van der Waals surface area (Å²) in [4.78, 5) is 27.2. The minimum Gasteiger partial charge on any atom is -0.354 e. The number of benzene rings is 2. The molecule has 0 aliphatic rings. The number of thioether (sulfide) groups is 1. The molecule has 4 nitrogen and oxygen atoms in total. The van der Waals surface area contributed by atoms with Crippen LogP contribution in [0.15, 0.2) is 54.6 Å². The lowest BCUT2D eigenvalue weighted by Gasteiger charge is -2.28. The van der Waals surface area contributed by atoms with Gasteiger partial charge in [-0.2, -0.15) is 0 Å². The second kappa shape index (κ2) is 12.6. The van der Waals surface area contributed by atoms with Crippen molar-refractivity contribution in [2.24, 2.45) is 0 Å². The van der Waals surface area contributed by atoms with E-state index in [1.807, 2.05) is 54.6 Å². The Labute approximate surface area is 183 Å². The fourth-order valence-electron chi connectivity index (χ4n) is 2.86. The van der Waals surface area contributed by atoms with Crippen LogP contribution in [0.3, 0.4) is 0 Å². The minimum absolute atomic E-state index is 0.0426. The van der Waals surface area contributed by atoms with E-state index in [0.29, 0.717) is 29.6 Å². The lowest BCUT2D eigenvalue weighted by molar-refractivity contribution is -0.138. The SMILES string of the molecule is CCCCNC(=O)[C@H](C)N(Cc1ccccc1)C(=O)CSCc1cccc(Cl)c1. The van der Waals surface area contributed by atoms with Gasteiger partial charge in [-0.25, -0.2) is 0 Å². The third kappa shape index (κ3) is 8.11. The average molecular weight is 433 g/mol. The van der Waals surface area contributed by atoms with Crippen molar-refractivity contribution in [1.29, 1.82) is 0 Å². The zero-order valence-corrected chi connectivity index (χ0v) is 18.6. The predicted octanol–water partition coefficient (Wildman–Crippen LogP) is 4.91. The average Bonchev–Trinajstić information content (AvgIpc) is 2.72. The van der Waals surface area contributed by atoms with Gasteiger partial charge in [0.25, 0.3) is 0 Å². The quantitative estimate of drug-likeness (QED) is 0.513. The minimum atomic E-state index is -0.522. The summed E-state index contributed by atoms with van der Waals surface area (Å²) in [5.41, 5.74) is 2.09. The van der Waals surface area contributed by atoms with Gasteiger partial charge in [0.15, 0.2) is 0 Å². The Bertz CT molecular complexity index is 785. The van der Waals surface area contributed by atoms with Crippen LogP contribution in [0.4, 0.5) is 0 Å². The zero-order valence-electron chi connectivity index (χ0n) is 17.1. The summed E-state index contributed by atoms with van der Waals surface area (Å²) in [6.45, 7) is 4.93. The van der Waals surface area contributed by atoms with E-state index in [1.165, 1.54) is 11.8 Å². The molecule has 6 heteroatoms. The summed E-state index contributed by atoms with van der Waals surface area (Å²) >= 11 is 7.56. The number of nitrogens with zero attached hydrogens (tertiary/aromatic N) is 1. The molecule has 2 aromatic rings. The summed E-state index contributed by atoms with van der Waals surface area (Å²) < 4.78 is 0. The van der Waals surface area contributed by atoms with Crippen LogP contribution in [0.25, 0.3) is 0 Å². The predicted molar refractivity (Wildman–Crippen MR) is 122 cm³/mol. The van der Waals surface area contributed by atoms with Gasteiger partial charge in [0, 0.05) is 23.9 Å². The fraction of sp³-hybridized carbons (Fsp3) is 0.391. The van der Waals surface area contributed by atoms with Gasteiger partial charge in [0.05, 0.1) is 5.75 Å². The van der Waals surface area contributed by atoms with E-state index in [1.54, 1.807) is 11.8 Å². The number of unbranched alkanes of at least 4 members (excludes halogenated alkanes) is 1. The monoisotopic (exact) mass is 432 g/mol. The van der Waals surface area contributed by atoms with Crippen molar-refractivity contribution in [2.45, 2.75) is 45.0 Å². The van der Waals surface area contributed by atoms with Crippen molar-refractivity contribution in [1.82, 2.24) is 10.2 Å². The van der Waals surface area contributed by atoms with E-state index in [9.17, 15) is 9.59 Å². The molecule has 0 unspecified atom stereocenters. The summed E-state index contributed by atoms with van der Waals surface area (Å²) in [7, 11) is 0. The highest BCUT2D eigenvalue weighted by Crippen LogP contribution is 2.18. The molecule has 29 heavy (non-hydrogen) atoms. The van der Waals surface area contributed by atoms with E-state index in [-0.39, 0.29) is 11.8 Å². The summed E-state index contributed by atoms with van der Waals surface area (Å²) in [6, 6.07) is 16.9. The summed E-state index contributed by atoms with van der Waals surface area (Å²) in [5, 5.41) is 3.63. The second-order valence-corrected chi connectivity index (χ2v) is 8.37. The first-order valence-electron chi connectivity index (χ1n) is 9.94. The van der Waals surface area contributed by atoms with Crippen molar-refractivity contribution >= 4 is 35.2 Å². The lowest BCUT2D eigenvalue weighted by atomic mass is 10.1. The molecule has 1 N–H and O–H groups in total. The molecule has 0 saturated heterocycles. The summed E-state index contributed by atoms with van der Waals surface area (Å²) in [6.07, 6.45) is 1.95. The molecule has 0 bridgehead atoms. The Morgan fingerprint density at radius 1 is 1.10 bits per heavy atom. The molecule has 0 spiro atoms. The second-order valence-electron chi connectivity index (χ2n) is 6.95. The Morgan fingerprint density at radius 2 is 1.83 bits per heavy atom. The van der Waals surface area contributed by atoms with Crippen molar-refractivity contribution < 1.29 is 9.59 Å². The fourth-order valence-corrected chi connectivity index (χ4v) is 3.94. The van der Waals surface area contributed by atoms with Crippen molar-refractivity contribution in [3.8, 4) is 0 Å². The molecule has 0 radical (unpaired) electrons. The first kappa shape index (κ1) is 23.3. The molecule has 2 amide bonds. The van der Waals surface area contributed by atoms with Crippen LogP contribution < -0.4 is 5.32 Å². The number of carbonyl (C=O) groups is 2. The van der Waals surface area contributed by atoms with Gasteiger partial charge in [-0.1, -0.05) is 67.4 Å². The van der Waals surface area contributed by atoms with Gasteiger partial charge in [-0.05, 0) is 36.6 Å². The molecule has 0 aliphatic heterocycles. The molecule has 2 aromatic carbocycles. The van der Waals surface area contributed by atoms with Crippen LogP contribution in [0.5, 0.6) is 0 Å². The Kier molecular flexibility index (Phi) is 10.1. The van der Waals surface area contributed by atoms with E-state index in [0.717, 1.165) is 24.0 Å². The number of halogens is 1. The van der Waals surface area contributed by atoms with Crippen LogP contribution in [0.1, 0.15) is 37.8 Å². The molecular weight excluding hydrogens is 404 g/mol. The van der Waals surface area contributed by atoms with E-state index in [4.69, 9.17) is 11.6 Å². The Morgan fingerprint density at radius 3 is 2.52 bits per heavy atom. The van der Waals surface area contributed by atoms with Crippen LogP contribution in [-0.2, 0) is 21.9 Å². The van der Waals surface area contributed by atoms with Crippen molar-refractivity contribution in [3.63, 3.8) is 0 Å². The molecule has 0 fully saturated rings. The molecule has 0 aliphatic carbocycles. The molecular formula is C23H29ClN2O2S. The molecule has 0 saturated carbocycles. The number of rotatable bonds is 11.